The number of aromatic nitrogens is 2. The van der Waals surface area contributed by atoms with Gasteiger partial charge in [-0.25, -0.2) is 18.1 Å². The van der Waals surface area contributed by atoms with Crippen LogP contribution in [0, 0.1) is 11.3 Å². The second-order valence-corrected chi connectivity index (χ2v) is 11.8. The Labute approximate surface area is 202 Å². The van der Waals surface area contributed by atoms with Gasteiger partial charge in [-0.1, -0.05) is 20.8 Å². The largest absolute Gasteiger partial charge is 0.573 e. The van der Waals surface area contributed by atoms with Crippen LogP contribution < -0.4 is 14.8 Å². The molecular formula is C24H29F3N4O3S. The molecule has 4 rings (SSSR count). The van der Waals surface area contributed by atoms with Crippen LogP contribution in [-0.4, -0.2) is 31.4 Å². The highest BCUT2D eigenvalue weighted by atomic mass is 32.2. The van der Waals surface area contributed by atoms with E-state index in [1.165, 1.54) is 37.4 Å². The summed E-state index contributed by atoms with van der Waals surface area (Å²) in [6, 6.07) is 10.4. The van der Waals surface area contributed by atoms with Crippen molar-refractivity contribution in [2.24, 2.45) is 11.3 Å². The summed E-state index contributed by atoms with van der Waals surface area (Å²) in [5.41, 5.74) is 1.94. The first-order valence-electron chi connectivity index (χ1n) is 11.3. The molecule has 0 radical (unpaired) electrons. The van der Waals surface area contributed by atoms with E-state index in [9.17, 15) is 21.6 Å². The Hall–Kier alpha value is -2.79. The van der Waals surface area contributed by atoms with E-state index in [-0.39, 0.29) is 22.1 Å². The van der Waals surface area contributed by atoms with Crippen molar-refractivity contribution in [3.05, 3.63) is 42.5 Å². The first-order valence-corrected chi connectivity index (χ1v) is 12.8. The van der Waals surface area contributed by atoms with Crippen LogP contribution in [0.5, 0.6) is 5.75 Å². The van der Waals surface area contributed by atoms with Crippen LogP contribution in [-0.2, 0) is 10.0 Å². The highest BCUT2D eigenvalue weighted by Gasteiger charge is 2.35. The number of alkyl halides is 3. The van der Waals surface area contributed by atoms with Crippen LogP contribution in [0.25, 0.3) is 11.0 Å². The third-order valence-electron chi connectivity index (χ3n) is 6.31. The second-order valence-electron chi connectivity index (χ2n) is 9.93. The monoisotopic (exact) mass is 510 g/mol. The minimum absolute atomic E-state index is 0.106. The maximum atomic E-state index is 12.5. The van der Waals surface area contributed by atoms with Gasteiger partial charge in [0, 0.05) is 11.7 Å². The average Bonchev–Trinajstić information content (AvgIpc) is 3.09. The van der Waals surface area contributed by atoms with Crippen molar-refractivity contribution < 1.29 is 26.3 Å². The molecular weight excluding hydrogens is 481 g/mol. The molecule has 0 bridgehead atoms. The third-order valence-corrected chi connectivity index (χ3v) is 7.72. The van der Waals surface area contributed by atoms with Gasteiger partial charge in [-0.15, -0.1) is 13.2 Å². The number of hydrogen-bond acceptors (Lipinski definition) is 5. The number of nitrogens with one attached hydrogen (secondary N) is 2. The summed E-state index contributed by atoms with van der Waals surface area (Å²) in [5, 5.41) is 3.21. The average molecular weight is 511 g/mol. The van der Waals surface area contributed by atoms with E-state index < -0.39 is 16.4 Å². The summed E-state index contributed by atoms with van der Waals surface area (Å²) in [4.78, 5) is 4.80. The molecule has 3 aromatic rings. The van der Waals surface area contributed by atoms with E-state index in [0.29, 0.717) is 23.1 Å². The minimum atomic E-state index is -4.77. The Balaban J connectivity index is 1.76. The lowest BCUT2D eigenvalue weighted by Crippen LogP contribution is -2.29. The summed E-state index contributed by atoms with van der Waals surface area (Å²) in [5.74, 6) is 0.663. The lowest BCUT2D eigenvalue weighted by Gasteiger charge is -2.40. The number of rotatable bonds is 6. The van der Waals surface area contributed by atoms with Gasteiger partial charge in [0.1, 0.15) is 5.75 Å². The molecule has 1 aliphatic rings. The van der Waals surface area contributed by atoms with E-state index >= 15 is 0 Å². The SMILES string of the molecule is CNS(=O)(=O)c1ccc2c(c1)nc(Nc1ccc(OC(F)(F)F)cc1)n2[C@H]1C[C@@H](C)CC(C)(C)C1. The van der Waals surface area contributed by atoms with Gasteiger partial charge in [0.15, 0.2) is 0 Å². The molecule has 7 nitrogen and oxygen atoms in total. The zero-order valence-electron chi connectivity index (χ0n) is 20.0. The zero-order valence-corrected chi connectivity index (χ0v) is 20.8. The van der Waals surface area contributed by atoms with Crippen LogP contribution in [0.15, 0.2) is 47.4 Å². The van der Waals surface area contributed by atoms with Gasteiger partial charge in [0.2, 0.25) is 16.0 Å². The summed E-state index contributed by atoms with van der Waals surface area (Å²) >= 11 is 0. The normalized spacial score (nSPS) is 20.7. The van der Waals surface area contributed by atoms with Crippen molar-refractivity contribution in [1.29, 1.82) is 0 Å². The predicted molar refractivity (Wildman–Crippen MR) is 128 cm³/mol. The summed E-state index contributed by atoms with van der Waals surface area (Å²) in [6.45, 7) is 6.69. The number of anilines is 2. The van der Waals surface area contributed by atoms with Gasteiger partial charge in [-0.2, -0.15) is 0 Å². The standard InChI is InChI=1S/C24H29F3N4O3S/c1-15-11-17(14-23(2,3)13-15)31-21-10-9-19(35(32,33)28-4)12-20(21)30-22(31)29-16-5-7-18(8-6-16)34-24(25,26)27/h5-10,12,15,17,28H,11,13-14H2,1-4H3,(H,29,30)/t15-,17+/m1/s1. The molecule has 1 saturated carbocycles. The summed E-state index contributed by atoms with van der Waals surface area (Å²) < 4.78 is 70.5. The Morgan fingerprint density at radius 3 is 2.40 bits per heavy atom. The highest BCUT2D eigenvalue weighted by molar-refractivity contribution is 7.89. The number of imidazole rings is 1. The topological polar surface area (TPSA) is 85.2 Å². The number of halogens is 3. The van der Waals surface area contributed by atoms with E-state index in [2.05, 4.69) is 40.1 Å². The lowest BCUT2D eigenvalue weighted by molar-refractivity contribution is -0.274. The molecule has 0 aliphatic heterocycles. The first kappa shape index (κ1) is 25.3. The molecule has 1 fully saturated rings. The Bertz CT molecular complexity index is 1320. The molecule has 1 heterocycles. The molecule has 1 aliphatic carbocycles. The first-order chi connectivity index (χ1) is 16.3. The second kappa shape index (κ2) is 9.02. The van der Waals surface area contributed by atoms with E-state index in [0.717, 1.165) is 24.8 Å². The van der Waals surface area contributed by atoms with Crippen molar-refractivity contribution in [1.82, 2.24) is 14.3 Å². The highest BCUT2D eigenvalue weighted by Crippen LogP contribution is 2.46. The Morgan fingerprint density at radius 2 is 1.80 bits per heavy atom. The Morgan fingerprint density at radius 1 is 1.11 bits per heavy atom. The Kier molecular flexibility index (Phi) is 6.52. The van der Waals surface area contributed by atoms with E-state index in [4.69, 9.17) is 4.98 Å². The fraction of sp³-hybridized carbons (Fsp3) is 0.458. The molecule has 0 unspecified atom stereocenters. The van der Waals surface area contributed by atoms with Gasteiger partial charge in [-0.05, 0) is 80.1 Å². The quantitative estimate of drug-likeness (QED) is 0.427. The molecule has 190 valence electrons. The number of sulfonamides is 1. The smallest absolute Gasteiger partial charge is 0.406 e. The minimum Gasteiger partial charge on any atom is -0.406 e. The lowest BCUT2D eigenvalue weighted by atomic mass is 9.70. The molecule has 2 atom stereocenters. The fourth-order valence-corrected chi connectivity index (χ4v) is 5.93. The predicted octanol–water partition coefficient (Wildman–Crippen LogP) is 5.97. The van der Waals surface area contributed by atoms with Gasteiger partial charge in [-0.3, -0.25) is 0 Å². The van der Waals surface area contributed by atoms with Crippen LogP contribution in [0.4, 0.5) is 24.8 Å². The zero-order chi connectivity index (χ0) is 25.6. The van der Waals surface area contributed by atoms with E-state index in [1.807, 2.05) is 0 Å². The van der Waals surface area contributed by atoms with Crippen LogP contribution in [0.1, 0.15) is 46.1 Å². The van der Waals surface area contributed by atoms with Gasteiger partial charge < -0.3 is 14.6 Å². The van der Waals surface area contributed by atoms with Crippen LogP contribution in [0.3, 0.4) is 0 Å². The van der Waals surface area contributed by atoms with Crippen LogP contribution in [0.2, 0.25) is 0 Å². The number of hydrogen-bond donors (Lipinski definition) is 2. The van der Waals surface area contributed by atoms with Crippen molar-refractivity contribution in [2.75, 3.05) is 12.4 Å². The van der Waals surface area contributed by atoms with Crippen molar-refractivity contribution in [3.63, 3.8) is 0 Å². The van der Waals surface area contributed by atoms with Crippen molar-refractivity contribution in [2.45, 2.75) is 57.3 Å². The van der Waals surface area contributed by atoms with Gasteiger partial charge in [0.25, 0.3) is 0 Å². The molecule has 2 N–H and O–H groups in total. The summed E-state index contributed by atoms with van der Waals surface area (Å²) in [6.07, 6.45) is -1.83. The van der Waals surface area contributed by atoms with E-state index in [1.54, 1.807) is 12.1 Å². The molecule has 0 amide bonds. The van der Waals surface area contributed by atoms with Crippen LogP contribution >= 0.6 is 0 Å². The summed E-state index contributed by atoms with van der Waals surface area (Å²) in [7, 11) is -2.30. The van der Waals surface area contributed by atoms with Crippen molar-refractivity contribution in [3.8, 4) is 5.75 Å². The molecule has 1 aromatic heterocycles. The van der Waals surface area contributed by atoms with Gasteiger partial charge >= 0.3 is 6.36 Å². The molecule has 11 heteroatoms. The fourth-order valence-electron chi connectivity index (χ4n) is 5.18. The molecule has 0 saturated heterocycles. The van der Waals surface area contributed by atoms with Crippen molar-refractivity contribution >= 4 is 32.7 Å². The molecule has 0 spiro atoms. The van der Waals surface area contributed by atoms with Gasteiger partial charge in [0.05, 0.1) is 15.9 Å². The number of ether oxygens (including phenoxy) is 1. The molecule has 2 aromatic carbocycles. The maximum Gasteiger partial charge on any atom is 0.573 e. The maximum absolute atomic E-state index is 12.5. The molecule has 35 heavy (non-hydrogen) atoms. The number of nitrogens with zero attached hydrogens (tertiary/aromatic N) is 2. The number of fused-ring (bicyclic) bond motifs is 1. The number of benzene rings is 2. The third kappa shape index (κ3) is 5.72.